The second-order valence-corrected chi connectivity index (χ2v) is 6.54. The van der Waals surface area contributed by atoms with Crippen LogP contribution < -0.4 is 24.4 Å². The summed E-state index contributed by atoms with van der Waals surface area (Å²) in [6.45, 7) is 1.02. The van der Waals surface area contributed by atoms with E-state index in [4.69, 9.17) is 14.2 Å². The summed E-state index contributed by atoms with van der Waals surface area (Å²) in [6.07, 6.45) is 0.152. The van der Waals surface area contributed by atoms with Crippen LogP contribution in [0.5, 0.6) is 17.2 Å². The lowest BCUT2D eigenvalue weighted by molar-refractivity contribution is -0.126. The maximum Gasteiger partial charge on any atom is 0.231 e. The number of hydrogen-bond donors (Lipinski definition) is 1. The van der Waals surface area contributed by atoms with E-state index >= 15 is 0 Å². The van der Waals surface area contributed by atoms with Gasteiger partial charge in [-0.2, -0.15) is 0 Å². The molecule has 2 aromatic carbocycles. The highest BCUT2D eigenvalue weighted by Crippen LogP contribution is 2.37. The van der Waals surface area contributed by atoms with E-state index in [1.54, 1.807) is 23.1 Å². The lowest BCUT2D eigenvalue weighted by Crippen LogP contribution is -2.35. The third-order valence-corrected chi connectivity index (χ3v) is 4.65. The molecule has 1 atom stereocenters. The molecule has 4 rings (SSSR count). The molecule has 2 aliphatic heterocycles. The molecule has 2 heterocycles. The van der Waals surface area contributed by atoms with Crippen LogP contribution in [-0.4, -0.2) is 38.3 Å². The van der Waals surface area contributed by atoms with Crippen molar-refractivity contribution in [1.29, 1.82) is 0 Å². The van der Waals surface area contributed by atoms with E-state index in [1.165, 1.54) is 24.3 Å². The number of nitrogens with zero attached hydrogens (tertiary/aromatic N) is 1. The minimum absolute atomic E-state index is 0.110. The molecule has 8 heteroatoms. The van der Waals surface area contributed by atoms with Crippen LogP contribution in [0.2, 0.25) is 0 Å². The maximum absolute atomic E-state index is 12.8. The molecule has 0 aliphatic carbocycles. The summed E-state index contributed by atoms with van der Waals surface area (Å²) < 4.78 is 28.9. The van der Waals surface area contributed by atoms with E-state index < -0.39 is 5.92 Å². The zero-order chi connectivity index (χ0) is 19.5. The minimum Gasteiger partial charge on any atom is -0.492 e. The fourth-order valence-corrected chi connectivity index (χ4v) is 3.20. The second kappa shape index (κ2) is 7.75. The zero-order valence-electron chi connectivity index (χ0n) is 15.0. The molecule has 28 heavy (non-hydrogen) atoms. The molecule has 0 bridgehead atoms. The van der Waals surface area contributed by atoms with Crippen LogP contribution >= 0.6 is 0 Å². The number of hydrogen-bond acceptors (Lipinski definition) is 5. The van der Waals surface area contributed by atoms with Crippen molar-refractivity contribution in [2.75, 3.05) is 31.4 Å². The third-order valence-electron chi connectivity index (χ3n) is 4.65. The van der Waals surface area contributed by atoms with E-state index in [1.807, 2.05) is 0 Å². The van der Waals surface area contributed by atoms with Crippen molar-refractivity contribution >= 4 is 17.5 Å². The average Bonchev–Trinajstić information content (AvgIpc) is 3.32. The number of benzene rings is 2. The molecule has 1 fully saturated rings. The van der Waals surface area contributed by atoms with Gasteiger partial charge in [0.25, 0.3) is 0 Å². The van der Waals surface area contributed by atoms with Crippen molar-refractivity contribution in [1.82, 2.24) is 5.32 Å². The molecule has 1 saturated heterocycles. The van der Waals surface area contributed by atoms with Gasteiger partial charge in [-0.25, -0.2) is 4.39 Å². The van der Waals surface area contributed by atoms with Gasteiger partial charge in [-0.3, -0.25) is 9.59 Å². The number of amides is 2. The monoisotopic (exact) mass is 386 g/mol. The van der Waals surface area contributed by atoms with Gasteiger partial charge in [0.1, 0.15) is 18.2 Å². The smallest absolute Gasteiger partial charge is 0.231 e. The minimum atomic E-state index is -0.427. The Balaban J connectivity index is 1.27. The first-order valence-electron chi connectivity index (χ1n) is 8.96. The molecular weight excluding hydrogens is 367 g/mol. The third kappa shape index (κ3) is 3.85. The Morgan fingerprint density at radius 1 is 1.18 bits per heavy atom. The largest absolute Gasteiger partial charge is 0.492 e. The molecule has 2 aromatic rings. The number of halogens is 1. The van der Waals surface area contributed by atoms with E-state index in [0.29, 0.717) is 36.0 Å². The number of ether oxygens (including phenoxy) is 3. The molecular formula is C20H19FN2O5. The Morgan fingerprint density at radius 3 is 2.79 bits per heavy atom. The number of anilines is 1. The van der Waals surface area contributed by atoms with Gasteiger partial charge in [-0.05, 0) is 36.4 Å². The number of nitrogens with one attached hydrogen (secondary N) is 1. The van der Waals surface area contributed by atoms with Crippen LogP contribution in [0, 0.1) is 11.7 Å². The van der Waals surface area contributed by atoms with Crippen molar-refractivity contribution in [3.8, 4) is 17.2 Å². The number of rotatable bonds is 6. The van der Waals surface area contributed by atoms with Crippen molar-refractivity contribution in [3.05, 3.63) is 48.3 Å². The number of carbonyl (C=O) groups excluding carboxylic acids is 2. The predicted molar refractivity (Wildman–Crippen MR) is 97.9 cm³/mol. The SMILES string of the molecule is O=C(NCCOc1ccc(F)cc1)C1CC(=O)N(c2ccc3c(c2)OCO3)C1. The van der Waals surface area contributed by atoms with Gasteiger partial charge < -0.3 is 24.4 Å². The van der Waals surface area contributed by atoms with Crippen LogP contribution in [0.3, 0.4) is 0 Å². The van der Waals surface area contributed by atoms with Crippen LogP contribution in [0.25, 0.3) is 0 Å². The molecule has 0 aromatic heterocycles. The maximum atomic E-state index is 12.8. The lowest BCUT2D eigenvalue weighted by atomic mass is 10.1. The normalized spacial score (nSPS) is 17.7. The van der Waals surface area contributed by atoms with E-state index in [0.717, 1.165) is 0 Å². The first-order valence-corrected chi connectivity index (χ1v) is 8.96. The van der Waals surface area contributed by atoms with Crippen molar-refractivity contribution in [2.45, 2.75) is 6.42 Å². The van der Waals surface area contributed by atoms with E-state index in [9.17, 15) is 14.0 Å². The molecule has 1 unspecified atom stereocenters. The Morgan fingerprint density at radius 2 is 1.96 bits per heavy atom. The van der Waals surface area contributed by atoms with Crippen molar-refractivity contribution in [2.24, 2.45) is 5.92 Å². The van der Waals surface area contributed by atoms with Crippen LogP contribution in [0.15, 0.2) is 42.5 Å². The Bertz CT molecular complexity index is 887. The van der Waals surface area contributed by atoms with Crippen LogP contribution in [-0.2, 0) is 9.59 Å². The molecule has 2 aliphatic rings. The summed E-state index contributed by atoms with van der Waals surface area (Å²) in [5.74, 6) is 0.700. The van der Waals surface area contributed by atoms with Gasteiger partial charge in [-0.15, -0.1) is 0 Å². The van der Waals surface area contributed by atoms with Gasteiger partial charge in [0, 0.05) is 24.7 Å². The van der Waals surface area contributed by atoms with E-state index in [2.05, 4.69) is 5.32 Å². The Kier molecular flexibility index (Phi) is 5.01. The van der Waals surface area contributed by atoms with E-state index in [-0.39, 0.29) is 37.5 Å². The fraction of sp³-hybridized carbons (Fsp3) is 0.300. The summed E-state index contributed by atoms with van der Waals surface area (Å²) in [6, 6.07) is 10.9. The fourth-order valence-electron chi connectivity index (χ4n) is 3.20. The summed E-state index contributed by atoms with van der Waals surface area (Å²) in [4.78, 5) is 26.3. The quantitative estimate of drug-likeness (QED) is 0.770. The molecule has 1 N–H and O–H groups in total. The molecule has 146 valence electrons. The summed E-state index contributed by atoms with van der Waals surface area (Å²) >= 11 is 0. The Hall–Kier alpha value is -3.29. The molecule has 2 amide bonds. The molecule has 7 nitrogen and oxygen atoms in total. The standard InChI is InChI=1S/C20H19FN2O5/c21-14-1-4-16(5-2-14)26-8-7-22-20(25)13-9-19(24)23(11-13)15-3-6-17-18(10-15)28-12-27-17/h1-6,10,13H,7-9,11-12H2,(H,22,25). The van der Waals surface area contributed by atoms with Gasteiger partial charge in [0.15, 0.2) is 11.5 Å². The Labute approximate surface area is 161 Å². The van der Waals surface area contributed by atoms with Gasteiger partial charge in [0.2, 0.25) is 18.6 Å². The van der Waals surface area contributed by atoms with Crippen molar-refractivity contribution in [3.63, 3.8) is 0 Å². The molecule has 0 saturated carbocycles. The summed E-state index contributed by atoms with van der Waals surface area (Å²) in [5.41, 5.74) is 0.684. The average molecular weight is 386 g/mol. The summed E-state index contributed by atoms with van der Waals surface area (Å²) in [7, 11) is 0. The second-order valence-electron chi connectivity index (χ2n) is 6.54. The first-order chi connectivity index (χ1) is 13.6. The van der Waals surface area contributed by atoms with Crippen LogP contribution in [0.1, 0.15) is 6.42 Å². The highest BCUT2D eigenvalue weighted by molar-refractivity contribution is 6.00. The lowest BCUT2D eigenvalue weighted by Gasteiger charge is -2.17. The van der Waals surface area contributed by atoms with Crippen molar-refractivity contribution < 1.29 is 28.2 Å². The topological polar surface area (TPSA) is 77.1 Å². The van der Waals surface area contributed by atoms with Gasteiger partial charge in [-0.1, -0.05) is 0 Å². The zero-order valence-corrected chi connectivity index (χ0v) is 15.0. The van der Waals surface area contributed by atoms with Gasteiger partial charge >= 0.3 is 0 Å². The van der Waals surface area contributed by atoms with Crippen LogP contribution in [0.4, 0.5) is 10.1 Å². The summed E-state index contributed by atoms with van der Waals surface area (Å²) in [5, 5.41) is 2.78. The first kappa shape index (κ1) is 18.1. The number of carbonyl (C=O) groups is 2. The highest BCUT2D eigenvalue weighted by Gasteiger charge is 2.35. The van der Waals surface area contributed by atoms with Gasteiger partial charge in [0.05, 0.1) is 12.5 Å². The number of fused-ring (bicyclic) bond motifs is 1. The molecule has 0 radical (unpaired) electrons. The molecule has 0 spiro atoms. The highest BCUT2D eigenvalue weighted by atomic mass is 19.1. The predicted octanol–water partition coefficient (Wildman–Crippen LogP) is 2.10.